The van der Waals surface area contributed by atoms with Crippen molar-refractivity contribution >= 4 is 5.97 Å². The lowest BCUT2D eigenvalue weighted by Crippen LogP contribution is -2.51. The van der Waals surface area contributed by atoms with Crippen molar-refractivity contribution in [2.45, 2.75) is 25.9 Å². The van der Waals surface area contributed by atoms with Crippen molar-refractivity contribution in [3.63, 3.8) is 0 Å². The highest BCUT2D eigenvalue weighted by molar-refractivity contribution is 5.77. The van der Waals surface area contributed by atoms with E-state index in [0.717, 1.165) is 25.2 Å². The summed E-state index contributed by atoms with van der Waals surface area (Å²) in [7, 11) is 0. The van der Waals surface area contributed by atoms with Crippen LogP contribution in [0.4, 0.5) is 0 Å². The molecule has 0 amide bonds. The first-order valence-corrected chi connectivity index (χ1v) is 6.91. The number of carbonyl (C=O) groups excluding carboxylic acids is 1. The molecule has 0 aliphatic carbocycles. The van der Waals surface area contributed by atoms with Crippen molar-refractivity contribution in [1.82, 2.24) is 10.2 Å². The average molecular weight is 262 g/mol. The van der Waals surface area contributed by atoms with Gasteiger partial charge in [0.2, 0.25) is 0 Å². The van der Waals surface area contributed by atoms with Crippen LogP contribution in [0.1, 0.15) is 25.5 Å². The second-order valence-corrected chi connectivity index (χ2v) is 4.92. The molecule has 4 heteroatoms. The van der Waals surface area contributed by atoms with Crippen molar-refractivity contribution in [3.8, 4) is 0 Å². The zero-order valence-electron chi connectivity index (χ0n) is 11.6. The fourth-order valence-corrected chi connectivity index (χ4v) is 2.55. The fourth-order valence-electron chi connectivity index (χ4n) is 2.55. The molecule has 2 rings (SSSR count). The molecule has 0 bridgehead atoms. The van der Waals surface area contributed by atoms with Crippen molar-refractivity contribution in [2.24, 2.45) is 0 Å². The smallest absolute Gasteiger partial charge is 0.328 e. The lowest BCUT2D eigenvalue weighted by Gasteiger charge is -2.36. The lowest BCUT2D eigenvalue weighted by atomic mass is 10.0. The Morgan fingerprint density at radius 1 is 1.47 bits per heavy atom. The van der Waals surface area contributed by atoms with Crippen molar-refractivity contribution in [1.29, 1.82) is 0 Å². The Balaban J connectivity index is 2.21. The van der Waals surface area contributed by atoms with Gasteiger partial charge in [-0.05, 0) is 19.4 Å². The highest BCUT2D eigenvalue weighted by Gasteiger charge is 2.31. The van der Waals surface area contributed by atoms with Gasteiger partial charge >= 0.3 is 5.97 Å². The minimum absolute atomic E-state index is 0.150. The van der Waals surface area contributed by atoms with Crippen molar-refractivity contribution < 1.29 is 9.53 Å². The normalized spacial score (nSPS) is 21.9. The van der Waals surface area contributed by atoms with Crippen LogP contribution in [-0.4, -0.2) is 43.2 Å². The molecule has 0 radical (unpaired) electrons. The Hall–Kier alpha value is -1.39. The summed E-state index contributed by atoms with van der Waals surface area (Å²) in [6.45, 7) is 7.04. The van der Waals surface area contributed by atoms with Gasteiger partial charge in [0.1, 0.15) is 6.04 Å². The van der Waals surface area contributed by atoms with Crippen LogP contribution >= 0.6 is 0 Å². The zero-order chi connectivity index (χ0) is 13.7. The van der Waals surface area contributed by atoms with Gasteiger partial charge in [0.15, 0.2) is 0 Å². The molecule has 1 aromatic carbocycles. The number of benzene rings is 1. The molecule has 0 spiro atoms. The number of hydrogen-bond donors (Lipinski definition) is 1. The SMILES string of the molecule is CCOC(=O)[C@H](c1ccccc1)N1CCN[C@H](C)C1. The Morgan fingerprint density at radius 2 is 2.21 bits per heavy atom. The van der Waals surface area contributed by atoms with Gasteiger partial charge in [-0.3, -0.25) is 4.90 Å². The number of hydrogen-bond acceptors (Lipinski definition) is 4. The summed E-state index contributed by atoms with van der Waals surface area (Å²) in [5, 5.41) is 3.40. The zero-order valence-corrected chi connectivity index (χ0v) is 11.6. The quantitative estimate of drug-likeness (QED) is 0.837. The molecule has 1 N–H and O–H groups in total. The van der Waals surface area contributed by atoms with Crippen LogP contribution in [0.5, 0.6) is 0 Å². The third-order valence-electron chi connectivity index (χ3n) is 3.39. The molecule has 1 aliphatic rings. The summed E-state index contributed by atoms with van der Waals surface area (Å²) in [6, 6.07) is 10.00. The van der Waals surface area contributed by atoms with E-state index in [1.54, 1.807) is 0 Å². The van der Waals surface area contributed by atoms with Crippen molar-refractivity contribution in [2.75, 3.05) is 26.2 Å². The van der Waals surface area contributed by atoms with E-state index in [1.807, 2.05) is 37.3 Å². The number of carbonyl (C=O) groups is 1. The third-order valence-corrected chi connectivity index (χ3v) is 3.39. The molecule has 1 fully saturated rings. The van der Waals surface area contributed by atoms with Gasteiger partial charge in [-0.15, -0.1) is 0 Å². The van der Waals surface area contributed by atoms with Gasteiger partial charge in [-0.2, -0.15) is 0 Å². The highest BCUT2D eigenvalue weighted by atomic mass is 16.5. The Labute approximate surface area is 114 Å². The van der Waals surface area contributed by atoms with E-state index in [4.69, 9.17) is 4.74 Å². The monoisotopic (exact) mass is 262 g/mol. The molecule has 4 nitrogen and oxygen atoms in total. The Bertz CT molecular complexity index is 408. The Morgan fingerprint density at radius 3 is 2.84 bits per heavy atom. The van der Waals surface area contributed by atoms with Crippen LogP contribution < -0.4 is 5.32 Å². The lowest BCUT2D eigenvalue weighted by molar-refractivity contribution is -0.150. The van der Waals surface area contributed by atoms with Crippen LogP contribution in [0.25, 0.3) is 0 Å². The molecule has 0 unspecified atom stereocenters. The second-order valence-electron chi connectivity index (χ2n) is 4.92. The van der Waals surface area contributed by atoms with Crippen LogP contribution in [0, 0.1) is 0 Å². The van der Waals surface area contributed by atoms with Gasteiger partial charge in [-0.25, -0.2) is 4.79 Å². The first-order chi connectivity index (χ1) is 9.22. The van der Waals surface area contributed by atoms with Crippen LogP contribution in [0.15, 0.2) is 30.3 Å². The first-order valence-electron chi connectivity index (χ1n) is 6.91. The molecule has 19 heavy (non-hydrogen) atoms. The molecule has 0 saturated carbocycles. The minimum Gasteiger partial charge on any atom is -0.465 e. The molecule has 2 atom stereocenters. The van der Waals surface area contributed by atoms with E-state index >= 15 is 0 Å². The van der Waals surface area contributed by atoms with E-state index < -0.39 is 0 Å². The molecule has 1 saturated heterocycles. The predicted molar refractivity (Wildman–Crippen MR) is 74.9 cm³/mol. The maximum Gasteiger partial charge on any atom is 0.328 e. The second kappa shape index (κ2) is 6.68. The molecular formula is C15H22N2O2. The van der Waals surface area contributed by atoms with Gasteiger partial charge < -0.3 is 10.1 Å². The molecular weight excluding hydrogens is 240 g/mol. The maximum atomic E-state index is 12.3. The third kappa shape index (κ3) is 3.55. The highest BCUT2D eigenvalue weighted by Crippen LogP contribution is 2.23. The summed E-state index contributed by atoms with van der Waals surface area (Å²) >= 11 is 0. The standard InChI is InChI=1S/C15H22N2O2/c1-3-19-15(18)14(13-7-5-4-6-8-13)17-10-9-16-12(2)11-17/h4-8,12,14,16H,3,9-11H2,1-2H3/t12-,14+/m1/s1. The van der Waals surface area contributed by atoms with Gasteiger partial charge in [0.25, 0.3) is 0 Å². The van der Waals surface area contributed by atoms with E-state index in [9.17, 15) is 4.79 Å². The van der Waals surface area contributed by atoms with E-state index in [0.29, 0.717) is 12.6 Å². The maximum absolute atomic E-state index is 12.3. The van der Waals surface area contributed by atoms with Crippen LogP contribution in [0.3, 0.4) is 0 Å². The number of esters is 1. The number of ether oxygens (including phenoxy) is 1. The fraction of sp³-hybridized carbons (Fsp3) is 0.533. The molecule has 0 aromatic heterocycles. The summed E-state index contributed by atoms with van der Waals surface area (Å²) in [5.74, 6) is -0.150. The van der Waals surface area contributed by atoms with Crippen molar-refractivity contribution in [3.05, 3.63) is 35.9 Å². The summed E-state index contributed by atoms with van der Waals surface area (Å²) in [5.41, 5.74) is 1.01. The molecule has 1 heterocycles. The summed E-state index contributed by atoms with van der Waals surface area (Å²) in [4.78, 5) is 14.5. The first kappa shape index (κ1) is 14.0. The number of nitrogens with zero attached hydrogens (tertiary/aromatic N) is 1. The molecule has 1 aromatic rings. The van der Waals surface area contributed by atoms with Crippen LogP contribution in [-0.2, 0) is 9.53 Å². The Kier molecular flexibility index (Phi) is 4.93. The van der Waals surface area contributed by atoms with Gasteiger partial charge in [0, 0.05) is 25.7 Å². The molecule has 104 valence electrons. The van der Waals surface area contributed by atoms with Gasteiger partial charge in [-0.1, -0.05) is 30.3 Å². The van der Waals surface area contributed by atoms with E-state index in [1.165, 1.54) is 0 Å². The topological polar surface area (TPSA) is 41.6 Å². The summed E-state index contributed by atoms with van der Waals surface area (Å²) < 4.78 is 5.25. The van der Waals surface area contributed by atoms with Gasteiger partial charge in [0.05, 0.1) is 6.61 Å². The number of piperazine rings is 1. The van der Waals surface area contributed by atoms with Crippen LogP contribution in [0.2, 0.25) is 0 Å². The summed E-state index contributed by atoms with van der Waals surface area (Å²) in [6.07, 6.45) is 0. The predicted octanol–water partition coefficient (Wildman–Crippen LogP) is 1.58. The minimum atomic E-state index is -0.286. The largest absolute Gasteiger partial charge is 0.465 e. The average Bonchev–Trinajstić information content (AvgIpc) is 2.40. The number of rotatable bonds is 4. The van der Waals surface area contributed by atoms with E-state index in [2.05, 4.69) is 17.1 Å². The van der Waals surface area contributed by atoms with E-state index in [-0.39, 0.29) is 12.0 Å². The number of nitrogens with one attached hydrogen (secondary N) is 1. The molecule has 1 aliphatic heterocycles.